The van der Waals surface area contributed by atoms with Gasteiger partial charge in [-0.25, -0.2) is 0 Å². The molecule has 0 aromatic heterocycles. The molecule has 0 aliphatic heterocycles. The first-order valence-corrected chi connectivity index (χ1v) is 7.25. The zero-order valence-electron chi connectivity index (χ0n) is 11.6. The van der Waals surface area contributed by atoms with Crippen LogP contribution in [0.1, 0.15) is 58.3 Å². The number of rotatable bonds is 4. The van der Waals surface area contributed by atoms with Crippen LogP contribution < -0.4 is 0 Å². The topological polar surface area (TPSA) is 53.2 Å². The van der Waals surface area contributed by atoms with E-state index in [0.717, 1.165) is 31.6 Å². The van der Waals surface area contributed by atoms with E-state index in [-0.39, 0.29) is 6.10 Å². The third-order valence-corrected chi connectivity index (χ3v) is 5.22. The number of ether oxygens (including phenoxy) is 1. The largest absolute Gasteiger partial charge is 0.388 e. The van der Waals surface area contributed by atoms with Gasteiger partial charge in [0.05, 0.1) is 23.2 Å². The van der Waals surface area contributed by atoms with E-state index in [9.17, 15) is 10.4 Å². The van der Waals surface area contributed by atoms with Crippen LogP contribution in [0.3, 0.4) is 0 Å². The monoisotopic (exact) mass is 251 g/mol. The molecule has 2 rings (SSSR count). The molecule has 0 atom stereocenters. The second kappa shape index (κ2) is 5.19. The average molecular weight is 251 g/mol. The van der Waals surface area contributed by atoms with Crippen molar-refractivity contribution in [2.75, 3.05) is 7.11 Å². The molecule has 1 N–H and O–H groups in total. The standard InChI is InChI=1S/C15H25NO2/c1-3-4-12-5-7-14(11-16,8-6-12)15(17)9-13(10-15)18-2/h12-13,17H,3-10H2,1-2H3. The molecule has 18 heavy (non-hydrogen) atoms. The Morgan fingerprint density at radius 2 is 1.94 bits per heavy atom. The van der Waals surface area contributed by atoms with Crippen molar-refractivity contribution in [2.45, 2.75) is 70.0 Å². The van der Waals surface area contributed by atoms with Crippen molar-refractivity contribution in [1.82, 2.24) is 0 Å². The van der Waals surface area contributed by atoms with E-state index >= 15 is 0 Å². The number of methoxy groups -OCH3 is 1. The van der Waals surface area contributed by atoms with Gasteiger partial charge in [0.25, 0.3) is 0 Å². The van der Waals surface area contributed by atoms with E-state index in [1.54, 1.807) is 7.11 Å². The molecule has 0 aromatic rings. The lowest BCUT2D eigenvalue weighted by Crippen LogP contribution is -2.60. The SMILES string of the molecule is CCCC1CCC(C#N)(C2(O)CC(OC)C2)CC1. The Morgan fingerprint density at radius 1 is 1.33 bits per heavy atom. The molecule has 2 fully saturated rings. The molecule has 102 valence electrons. The zero-order valence-corrected chi connectivity index (χ0v) is 11.6. The van der Waals surface area contributed by atoms with Gasteiger partial charge >= 0.3 is 0 Å². The van der Waals surface area contributed by atoms with Crippen LogP contribution in [0, 0.1) is 22.7 Å². The Balaban J connectivity index is 1.99. The van der Waals surface area contributed by atoms with Gasteiger partial charge < -0.3 is 9.84 Å². The molecule has 3 heteroatoms. The maximum Gasteiger partial charge on any atom is 0.0882 e. The molecule has 0 unspecified atom stereocenters. The van der Waals surface area contributed by atoms with Crippen molar-refractivity contribution in [3.63, 3.8) is 0 Å². The highest BCUT2D eigenvalue weighted by Gasteiger charge is 2.58. The van der Waals surface area contributed by atoms with E-state index in [4.69, 9.17) is 4.74 Å². The van der Waals surface area contributed by atoms with Crippen LogP contribution in [0.25, 0.3) is 0 Å². The van der Waals surface area contributed by atoms with E-state index in [0.29, 0.717) is 12.8 Å². The molecule has 2 aliphatic carbocycles. The minimum Gasteiger partial charge on any atom is -0.388 e. The minimum absolute atomic E-state index is 0.147. The van der Waals surface area contributed by atoms with Gasteiger partial charge in [-0.1, -0.05) is 19.8 Å². The predicted octanol–water partition coefficient (Wildman–Crippen LogP) is 3.03. The first-order chi connectivity index (χ1) is 8.59. The fraction of sp³-hybridized carbons (Fsp3) is 0.933. The highest BCUT2D eigenvalue weighted by atomic mass is 16.5. The number of nitrogens with zero attached hydrogens (tertiary/aromatic N) is 1. The Bertz CT molecular complexity index is 320. The molecule has 3 nitrogen and oxygen atoms in total. The van der Waals surface area contributed by atoms with E-state index in [2.05, 4.69) is 13.0 Å². The number of hydrogen-bond acceptors (Lipinski definition) is 3. The summed E-state index contributed by atoms with van der Waals surface area (Å²) in [5.41, 5.74) is -1.30. The molecule has 0 amide bonds. The molecule has 0 saturated heterocycles. The van der Waals surface area contributed by atoms with E-state index < -0.39 is 11.0 Å². The lowest BCUT2D eigenvalue weighted by Gasteiger charge is -2.54. The fourth-order valence-corrected chi connectivity index (χ4v) is 3.80. The molecule has 0 aromatic carbocycles. The van der Waals surface area contributed by atoms with Crippen LogP contribution in [0.4, 0.5) is 0 Å². The van der Waals surface area contributed by atoms with Crippen molar-refractivity contribution < 1.29 is 9.84 Å². The summed E-state index contributed by atoms with van der Waals surface area (Å²) in [5.74, 6) is 0.762. The van der Waals surface area contributed by atoms with Crippen LogP contribution in [0.15, 0.2) is 0 Å². The molecule has 0 heterocycles. The van der Waals surface area contributed by atoms with Gasteiger partial charge in [0.15, 0.2) is 0 Å². The molecule has 0 radical (unpaired) electrons. The highest BCUT2D eigenvalue weighted by molar-refractivity contribution is 5.18. The highest BCUT2D eigenvalue weighted by Crippen LogP contribution is 2.55. The Hall–Kier alpha value is -0.590. The maximum atomic E-state index is 10.7. The smallest absolute Gasteiger partial charge is 0.0882 e. The van der Waals surface area contributed by atoms with Crippen LogP contribution in [-0.4, -0.2) is 23.9 Å². The van der Waals surface area contributed by atoms with Crippen LogP contribution in [0.2, 0.25) is 0 Å². The third-order valence-electron chi connectivity index (χ3n) is 5.22. The summed E-state index contributed by atoms with van der Waals surface area (Å²) < 4.78 is 5.25. The zero-order chi connectivity index (χ0) is 13.2. The number of nitriles is 1. The van der Waals surface area contributed by atoms with Crippen LogP contribution in [-0.2, 0) is 4.74 Å². The lowest BCUT2D eigenvalue weighted by molar-refractivity contribution is -0.190. The van der Waals surface area contributed by atoms with Gasteiger partial charge in [0, 0.05) is 20.0 Å². The van der Waals surface area contributed by atoms with Crippen molar-refractivity contribution >= 4 is 0 Å². The minimum atomic E-state index is -0.792. The van der Waals surface area contributed by atoms with Crippen molar-refractivity contribution in [3.8, 4) is 6.07 Å². The van der Waals surface area contributed by atoms with Gasteiger partial charge in [-0.2, -0.15) is 5.26 Å². The maximum absolute atomic E-state index is 10.7. The first-order valence-electron chi connectivity index (χ1n) is 7.25. The lowest BCUT2D eigenvalue weighted by atomic mass is 9.54. The summed E-state index contributed by atoms with van der Waals surface area (Å²) in [6.07, 6.45) is 7.82. The Labute approximate surface area is 110 Å². The molecular weight excluding hydrogens is 226 g/mol. The molecule has 0 bridgehead atoms. The molecule has 2 saturated carbocycles. The van der Waals surface area contributed by atoms with Gasteiger partial charge in [-0.15, -0.1) is 0 Å². The summed E-state index contributed by atoms with van der Waals surface area (Å²) in [6, 6.07) is 2.46. The van der Waals surface area contributed by atoms with Crippen LogP contribution in [0.5, 0.6) is 0 Å². The van der Waals surface area contributed by atoms with Crippen molar-refractivity contribution in [3.05, 3.63) is 0 Å². The molecule has 0 spiro atoms. The molecule has 2 aliphatic rings. The Kier molecular flexibility index (Phi) is 3.99. The normalized spacial score (nSPS) is 44.1. The van der Waals surface area contributed by atoms with E-state index in [1.165, 1.54) is 12.8 Å². The second-order valence-corrected chi connectivity index (χ2v) is 6.22. The summed E-state index contributed by atoms with van der Waals surface area (Å²) in [6.45, 7) is 2.22. The first kappa shape index (κ1) is 13.8. The quantitative estimate of drug-likeness (QED) is 0.835. The van der Waals surface area contributed by atoms with E-state index in [1.807, 2.05) is 0 Å². The third kappa shape index (κ3) is 2.17. The van der Waals surface area contributed by atoms with Crippen molar-refractivity contribution in [2.24, 2.45) is 11.3 Å². The predicted molar refractivity (Wildman–Crippen MR) is 69.9 cm³/mol. The average Bonchev–Trinajstić information content (AvgIpc) is 2.36. The Morgan fingerprint density at radius 3 is 2.39 bits per heavy atom. The van der Waals surface area contributed by atoms with Gasteiger partial charge in [-0.05, 0) is 31.6 Å². The number of aliphatic hydroxyl groups is 1. The second-order valence-electron chi connectivity index (χ2n) is 6.22. The number of hydrogen-bond donors (Lipinski definition) is 1. The summed E-state index contributed by atoms with van der Waals surface area (Å²) in [5, 5.41) is 20.3. The summed E-state index contributed by atoms with van der Waals surface area (Å²) in [7, 11) is 1.68. The molecular formula is C15H25NO2. The van der Waals surface area contributed by atoms with Crippen molar-refractivity contribution in [1.29, 1.82) is 5.26 Å². The summed E-state index contributed by atoms with van der Waals surface area (Å²) in [4.78, 5) is 0. The van der Waals surface area contributed by atoms with Gasteiger partial charge in [0.1, 0.15) is 0 Å². The fourth-order valence-electron chi connectivity index (χ4n) is 3.80. The van der Waals surface area contributed by atoms with Crippen LogP contribution >= 0.6 is 0 Å². The van der Waals surface area contributed by atoms with Gasteiger partial charge in [-0.3, -0.25) is 0 Å². The summed E-state index contributed by atoms with van der Waals surface area (Å²) >= 11 is 0. The van der Waals surface area contributed by atoms with Gasteiger partial charge in [0.2, 0.25) is 0 Å².